The van der Waals surface area contributed by atoms with Crippen LogP contribution in [0.4, 0.5) is 5.69 Å². The van der Waals surface area contributed by atoms with E-state index in [2.05, 4.69) is 15.3 Å². The fraction of sp³-hybridized carbons (Fsp3) is 0.222. The number of hydrogen-bond acceptors (Lipinski definition) is 5. The Morgan fingerprint density at radius 1 is 1.11 bits per heavy atom. The number of aromatic amines is 2. The third-order valence-electron chi connectivity index (χ3n) is 3.99. The number of hydrogen-bond donors (Lipinski definition) is 3. The van der Waals surface area contributed by atoms with Crippen molar-refractivity contribution in [1.82, 2.24) is 14.5 Å². The molecule has 0 radical (unpaired) electrons. The average Bonchev–Trinajstić information content (AvgIpc) is 2.61. The number of pyridine rings is 1. The molecule has 0 saturated heterocycles. The van der Waals surface area contributed by atoms with Gasteiger partial charge in [-0.3, -0.25) is 19.4 Å². The Labute approximate surface area is 152 Å². The Hall–Kier alpha value is -3.46. The zero-order valence-electron chi connectivity index (χ0n) is 14.6. The molecule has 3 aromatic rings. The highest BCUT2D eigenvalue weighted by Gasteiger charge is 2.08. The number of aryl methyl sites for hydroxylation is 1. The Kier molecular flexibility index (Phi) is 5.32. The number of anilines is 1. The Bertz CT molecular complexity index is 1160. The summed E-state index contributed by atoms with van der Waals surface area (Å²) < 4.78 is 6.35. The van der Waals surface area contributed by atoms with Gasteiger partial charge in [0.25, 0.3) is 5.56 Å². The molecule has 9 heteroatoms. The normalized spacial score (nSPS) is 10.9. The fourth-order valence-electron chi connectivity index (χ4n) is 2.75. The minimum atomic E-state index is -0.566. The van der Waals surface area contributed by atoms with Crippen LogP contribution in [0.3, 0.4) is 0 Å². The first-order chi connectivity index (χ1) is 13.0. The van der Waals surface area contributed by atoms with E-state index < -0.39 is 11.2 Å². The van der Waals surface area contributed by atoms with Gasteiger partial charge in [0.15, 0.2) is 0 Å². The highest BCUT2D eigenvalue weighted by atomic mass is 16.5. The Morgan fingerprint density at radius 2 is 1.93 bits per heavy atom. The third kappa shape index (κ3) is 4.39. The van der Waals surface area contributed by atoms with E-state index >= 15 is 0 Å². The molecule has 0 atom stereocenters. The highest BCUT2D eigenvalue weighted by molar-refractivity contribution is 5.94. The zero-order valence-corrected chi connectivity index (χ0v) is 14.6. The largest absolute Gasteiger partial charge is 0.380 e. The molecule has 0 aliphatic carbocycles. The van der Waals surface area contributed by atoms with Crippen LogP contribution in [0.15, 0.2) is 50.9 Å². The number of benzene rings is 1. The summed E-state index contributed by atoms with van der Waals surface area (Å²) in [5.41, 5.74) is 0.556. The van der Waals surface area contributed by atoms with Gasteiger partial charge in [-0.15, -0.1) is 0 Å². The summed E-state index contributed by atoms with van der Waals surface area (Å²) in [5.74, 6) is -0.303. The van der Waals surface area contributed by atoms with E-state index in [4.69, 9.17) is 4.74 Å². The number of carbonyl (C=O) groups is 1. The molecule has 0 spiro atoms. The van der Waals surface area contributed by atoms with Crippen LogP contribution in [0, 0.1) is 0 Å². The quantitative estimate of drug-likeness (QED) is 0.584. The fourth-order valence-corrected chi connectivity index (χ4v) is 2.75. The van der Waals surface area contributed by atoms with Gasteiger partial charge in [0.2, 0.25) is 11.5 Å². The number of ether oxygens (including phenoxy) is 1. The maximum Gasteiger partial charge on any atom is 0.328 e. The molecule has 0 fully saturated rings. The smallest absolute Gasteiger partial charge is 0.328 e. The first kappa shape index (κ1) is 18.3. The summed E-state index contributed by atoms with van der Waals surface area (Å²) in [7, 11) is 1.55. The molecular formula is C18H18N4O5. The molecule has 27 heavy (non-hydrogen) atoms. The van der Waals surface area contributed by atoms with Crippen molar-refractivity contribution < 1.29 is 9.53 Å². The van der Waals surface area contributed by atoms with E-state index in [0.717, 1.165) is 10.9 Å². The summed E-state index contributed by atoms with van der Waals surface area (Å²) in [6.07, 6.45) is 1.39. The predicted molar refractivity (Wildman–Crippen MR) is 99.9 cm³/mol. The van der Waals surface area contributed by atoms with Crippen molar-refractivity contribution in [2.45, 2.75) is 19.6 Å². The van der Waals surface area contributed by atoms with E-state index in [1.165, 1.54) is 22.9 Å². The lowest BCUT2D eigenvalue weighted by atomic mass is 10.1. The van der Waals surface area contributed by atoms with Gasteiger partial charge in [-0.1, -0.05) is 6.07 Å². The summed E-state index contributed by atoms with van der Waals surface area (Å²) in [6, 6.07) is 7.88. The number of H-pyrrole nitrogens is 2. The first-order valence-electron chi connectivity index (χ1n) is 8.21. The Morgan fingerprint density at radius 3 is 2.67 bits per heavy atom. The van der Waals surface area contributed by atoms with Gasteiger partial charge < -0.3 is 19.6 Å². The van der Waals surface area contributed by atoms with Gasteiger partial charge in [0, 0.05) is 49.5 Å². The lowest BCUT2D eigenvalue weighted by Crippen LogP contribution is -2.29. The third-order valence-corrected chi connectivity index (χ3v) is 3.99. The van der Waals surface area contributed by atoms with Crippen molar-refractivity contribution in [2.24, 2.45) is 0 Å². The maximum atomic E-state index is 12.1. The molecule has 2 heterocycles. The van der Waals surface area contributed by atoms with Gasteiger partial charge >= 0.3 is 5.69 Å². The highest BCUT2D eigenvalue weighted by Crippen LogP contribution is 2.20. The first-order valence-corrected chi connectivity index (χ1v) is 8.21. The number of aromatic nitrogens is 3. The molecule has 0 unspecified atom stereocenters. The summed E-state index contributed by atoms with van der Waals surface area (Å²) in [6.45, 7) is 0.434. The average molecular weight is 370 g/mol. The molecule has 1 amide bonds. The molecule has 140 valence electrons. The van der Waals surface area contributed by atoms with E-state index in [1.54, 1.807) is 25.3 Å². The van der Waals surface area contributed by atoms with Crippen LogP contribution in [0.25, 0.3) is 10.9 Å². The summed E-state index contributed by atoms with van der Waals surface area (Å²) >= 11 is 0. The van der Waals surface area contributed by atoms with Gasteiger partial charge in [0.05, 0.1) is 12.1 Å². The number of carbonyl (C=O) groups excluding carboxylic acids is 1. The molecule has 2 aromatic heterocycles. The van der Waals surface area contributed by atoms with Crippen molar-refractivity contribution in [3.05, 3.63) is 73.3 Å². The summed E-state index contributed by atoms with van der Waals surface area (Å²) in [5, 5.41) is 3.55. The molecule has 3 rings (SSSR count). The number of nitrogens with one attached hydrogen (secondary N) is 3. The van der Waals surface area contributed by atoms with Crippen LogP contribution in [-0.2, 0) is 22.7 Å². The standard InChI is InChI=1S/C18H18N4O5/c1-27-10-11-8-17(25)20-14-9-12(2-3-13(11)14)19-15(23)4-6-22-7-5-16(24)21-18(22)26/h2-3,5,7-9H,4,6,10H2,1H3,(H,19,23)(H,20,25)(H,21,24,26). The second kappa shape index (κ2) is 7.83. The lowest BCUT2D eigenvalue weighted by Gasteiger charge is -2.09. The molecule has 1 aromatic carbocycles. The van der Waals surface area contributed by atoms with E-state index in [0.29, 0.717) is 17.8 Å². The van der Waals surface area contributed by atoms with Crippen molar-refractivity contribution in [3.8, 4) is 0 Å². The number of rotatable bonds is 6. The second-order valence-electron chi connectivity index (χ2n) is 5.95. The van der Waals surface area contributed by atoms with Crippen LogP contribution in [0.1, 0.15) is 12.0 Å². The number of fused-ring (bicyclic) bond motifs is 1. The molecule has 0 aliphatic heterocycles. The second-order valence-corrected chi connectivity index (χ2v) is 5.95. The van der Waals surface area contributed by atoms with Gasteiger partial charge in [0.1, 0.15) is 0 Å². The minimum absolute atomic E-state index is 0.0459. The van der Waals surface area contributed by atoms with E-state index in [1.807, 2.05) is 0 Å². The minimum Gasteiger partial charge on any atom is -0.380 e. The van der Waals surface area contributed by atoms with Gasteiger partial charge in [-0.05, 0) is 17.7 Å². The van der Waals surface area contributed by atoms with Crippen molar-refractivity contribution in [2.75, 3.05) is 12.4 Å². The van der Waals surface area contributed by atoms with Crippen LogP contribution >= 0.6 is 0 Å². The monoisotopic (exact) mass is 370 g/mol. The lowest BCUT2D eigenvalue weighted by molar-refractivity contribution is -0.116. The molecular weight excluding hydrogens is 352 g/mol. The van der Waals surface area contributed by atoms with Gasteiger partial charge in [-0.2, -0.15) is 0 Å². The molecule has 3 N–H and O–H groups in total. The predicted octanol–water partition coefficient (Wildman–Crippen LogP) is 0.553. The Balaban J connectivity index is 1.74. The molecule has 0 aliphatic rings. The SMILES string of the molecule is COCc1cc(=O)[nH]c2cc(NC(=O)CCn3ccc(=O)[nH]c3=O)ccc12. The number of methoxy groups -OCH3 is 1. The van der Waals surface area contributed by atoms with Crippen molar-refractivity contribution in [1.29, 1.82) is 0 Å². The van der Waals surface area contributed by atoms with Gasteiger partial charge in [-0.25, -0.2) is 4.79 Å². The molecule has 0 saturated carbocycles. The van der Waals surface area contributed by atoms with Crippen LogP contribution < -0.4 is 22.1 Å². The van der Waals surface area contributed by atoms with Crippen molar-refractivity contribution >= 4 is 22.5 Å². The zero-order chi connectivity index (χ0) is 19.4. The van der Waals surface area contributed by atoms with Crippen LogP contribution in [0.2, 0.25) is 0 Å². The van der Waals surface area contributed by atoms with Crippen LogP contribution in [0.5, 0.6) is 0 Å². The van der Waals surface area contributed by atoms with Crippen LogP contribution in [-0.4, -0.2) is 27.6 Å². The van der Waals surface area contributed by atoms with E-state index in [-0.39, 0.29) is 24.4 Å². The molecule has 9 nitrogen and oxygen atoms in total. The molecule has 0 bridgehead atoms. The van der Waals surface area contributed by atoms with E-state index in [9.17, 15) is 19.2 Å². The topological polar surface area (TPSA) is 126 Å². The number of nitrogens with zero attached hydrogens (tertiary/aromatic N) is 1. The maximum absolute atomic E-state index is 12.1. The van der Waals surface area contributed by atoms with Crippen molar-refractivity contribution in [3.63, 3.8) is 0 Å². The summed E-state index contributed by atoms with van der Waals surface area (Å²) in [4.78, 5) is 51.4. The number of amides is 1.